The summed E-state index contributed by atoms with van der Waals surface area (Å²) in [6.45, 7) is 7.52. The molecule has 0 aromatic heterocycles. The van der Waals surface area contributed by atoms with Crippen molar-refractivity contribution in [2.45, 2.75) is 58.5 Å². The standard InChI is InChI=1S/C11H20F2O/c1-9(2,3)8-5-6-11(12,13)7-10(8,4)14/h8,14H,5-7H2,1-4H3/t8-,10-/m0/s1. The molecule has 0 amide bonds. The molecule has 0 saturated heterocycles. The highest BCUT2D eigenvalue weighted by atomic mass is 19.3. The highest BCUT2D eigenvalue weighted by Crippen LogP contribution is 2.49. The first-order valence-corrected chi connectivity index (χ1v) is 5.15. The molecule has 0 spiro atoms. The van der Waals surface area contributed by atoms with Gasteiger partial charge >= 0.3 is 0 Å². The molecule has 0 aromatic carbocycles. The van der Waals surface area contributed by atoms with E-state index in [4.69, 9.17) is 0 Å². The van der Waals surface area contributed by atoms with E-state index < -0.39 is 17.9 Å². The van der Waals surface area contributed by atoms with Gasteiger partial charge in [-0.05, 0) is 24.7 Å². The van der Waals surface area contributed by atoms with E-state index in [1.165, 1.54) is 6.92 Å². The zero-order valence-electron chi connectivity index (χ0n) is 9.40. The smallest absolute Gasteiger partial charge is 0.250 e. The van der Waals surface area contributed by atoms with E-state index in [2.05, 4.69) is 0 Å². The van der Waals surface area contributed by atoms with E-state index in [1.54, 1.807) is 0 Å². The normalized spacial score (nSPS) is 38.4. The van der Waals surface area contributed by atoms with E-state index in [9.17, 15) is 13.9 Å². The van der Waals surface area contributed by atoms with Crippen LogP contribution in [0, 0.1) is 11.3 Å². The van der Waals surface area contributed by atoms with Gasteiger partial charge in [-0.15, -0.1) is 0 Å². The Morgan fingerprint density at radius 1 is 1.29 bits per heavy atom. The number of hydrogen-bond acceptors (Lipinski definition) is 1. The van der Waals surface area contributed by atoms with Gasteiger partial charge in [-0.2, -0.15) is 0 Å². The Hall–Kier alpha value is -0.180. The third-order valence-corrected chi connectivity index (χ3v) is 3.21. The first-order valence-electron chi connectivity index (χ1n) is 5.15. The fourth-order valence-corrected chi connectivity index (χ4v) is 2.77. The zero-order chi connectivity index (χ0) is 11.2. The molecule has 1 fully saturated rings. The first kappa shape index (κ1) is 11.9. The maximum atomic E-state index is 13.1. The Kier molecular flexibility index (Phi) is 2.68. The van der Waals surface area contributed by atoms with Crippen molar-refractivity contribution in [3.05, 3.63) is 0 Å². The van der Waals surface area contributed by atoms with Crippen LogP contribution in [-0.4, -0.2) is 16.6 Å². The molecule has 84 valence electrons. The molecule has 1 saturated carbocycles. The number of rotatable bonds is 0. The predicted octanol–water partition coefficient (Wildman–Crippen LogP) is 3.22. The van der Waals surface area contributed by atoms with Crippen LogP contribution in [0.4, 0.5) is 8.78 Å². The molecule has 14 heavy (non-hydrogen) atoms. The van der Waals surface area contributed by atoms with E-state index in [-0.39, 0.29) is 17.8 Å². The molecule has 1 rings (SSSR count). The summed E-state index contributed by atoms with van der Waals surface area (Å²) in [7, 11) is 0. The van der Waals surface area contributed by atoms with Gasteiger partial charge < -0.3 is 5.11 Å². The molecule has 1 aliphatic rings. The Morgan fingerprint density at radius 2 is 1.79 bits per heavy atom. The van der Waals surface area contributed by atoms with Gasteiger partial charge in [0.2, 0.25) is 0 Å². The van der Waals surface area contributed by atoms with Crippen molar-refractivity contribution in [1.82, 2.24) is 0 Å². The summed E-state index contributed by atoms with van der Waals surface area (Å²) in [5, 5.41) is 10.0. The van der Waals surface area contributed by atoms with Gasteiger partial charge in [-0.3, -0.25) is 0 Å². The minimum Gasteiger partial charge on any atom is -0.390 e. The van der Waals surface area contributed by atoms with Crippen molar-refractivity contribution in [2.75, 3.05) is 0 Å². The Bertz CT molecular complexity index is 216. The highest BCUT2D eigenvalue weighted by Gasteiger charge is 2.51. The minimum atomic E-state index is -2.69. The van der Waals surface area contributed by atoms with Crippen LogP contribution >= 0.6 is 0 Å². The van der Waals surface area contributed by atoms with Crippen LogP contribution in [0.5, 0.6) is 0 Å². The Balaban J connectivity index is 2.84. The number of aliphatic hydroxyl groups is 1. The van der Waals surface area contributed by atoms with Crippen LogP contribution in [0.25, 0.3) is 0 Å². The van der Waals surface area contributed by atoms with Gasteiger partial charge in [0.05, 0.1) is 5.60 Å². The minimum absolute atomic E-state index is 0.0466. The van der Waals surface area contributed by atoms with Crippen LogP contribution in [-0.2, 0) is 0 Å². The summed E-state index contributed by atoms with van der Waals surface area (Å²) in [5.74, 6) is -2.74. The lowest BCUT2D eigenvalue weighted by Crippen LogP contribution is -2.50. The topological polar surface area (TPSA) is 20.2 Å². The van der Waals surface area contributed by atoms with Crippen molar-refractivity contribution in [2.24, 2.45) is 11.3 Å². The van der Waals surface area contributed by atoms with Crippen LogP contribution in [0.1, 0.15) is 47.0 Å². The van der Waals surface area contributed by atoms with Gasteiger partial charge in [-0.1, -0.05) is 20.8 Å². The van der Waals surface area contributed by atoms with Crippen molar-refractivity contribution in [3.8, 4) is 0 Å². The first-order chi connectivity index (χ1) is 6.05. The van der Waals surface area contributed by atoms with Crippen LogP contribution in [0.2, 0.25) is 0 Å². The van der Waals surface area contributed by atoms with E-state index in [0.717, 1.165) is 0 Å². The second kappa shape index (κ2) is 3.16. The van der Waals surface area contributed by atoms with Crippen molar-refractivity contribution >= 4 is 0 Å². The molecule has 0 heterocycles. The lowest BCUT2D eigenvalue weighted by molar-refractivity contribution is -0.165. The molecule has 1 aliphatic carbocycles. The largest absolute Gasteiger partial charge is 0.390 e. The number of alkyl halides is 2. The van der Waals surface area contributed by atoms with Crippen molar-refractivity contribution in [1.29, 1.82) is 0 Å². The highest BCUT2D eigenvalue weighted by molar-refractivity contribution is 4.97. The molecule has 0 aromatic rings. The Morgan fingerprint density at radius 3 is 2.14 bits per heavy atom. The molecule has 0 unspecified atom stereocenters. The van der Waals surface area contributed by atoms with Gasteiger partial charge in [0.25, 0.3) is 5.92 Å². The third kappa shape index (κ3) is 2.44. The van der Waals surface area contributed by atoms with Gasteiger partial charge in [0, 0.05) is 12.8 Å². The molecule has 1 nitrogen and oxygen atoms in total. The molecule has 1 N–H and O–H groups in total. The molecule has 0 bridgehead atoms. The molecular formula is C11H20F2O. The monoisotopic (exact) mass is 206 g/mol. The van der Waals surface area contributed by atoms with Crippen molar-refractivity contribution < 1.29 is 13.9 Å². The van der Waals surface area contributed by atoms with Crippen molar-refractivity contribution in [3.63, 3.8) is 0 Å². The van der Waals surface area contributed by atoms with Gasteiger partial charge in [0.15, 0.2) is 0 Å². The summed E-state index contributed by atoms with van der Waals surface area (Å²) in [6.07, 6.45) is -0.0868. The Labute approximate surface area is 84.5 Å². The lowest BCUT2D eigenvalue weighted by Gasteiger charge is -2.47. The molecule has 3 heteroatoms. The quantitative estimate of drug-likeness (QED) is 0.645. The zero-order valence-corrected chi connectivity index (χ0v) is 9.40. The summed E-state index contributed by atoms with van der Waals surface area (Å²) < 4.78 is 26.2. The number of hydrogen-bond donors (Lipinski definition) is 1. The summed E-state index contributed by atoms with van der Waals surface area (Å²) in [6, 6.07) is 0. The molecular weight excluding hydrogens is 186 g/mol. The van der Waals surface area contributed by atoms with E-state index in [0.29, 0.717) is 6.42 Å². The predicted molar refractivity (Wildman–Crippen MR) is 52.4 cm³/mol. The van der Waals surface area contributed by atoms with Gasteiger partial charge in [-0.25, -0.2) is 8.78 Å². The molecule has 0 aliphatic heterocycles. The summed E-state index contributed by atoms with van der Waals surface area (Å²) in [4.78, 5) is 0. The molecule has 0 radical (unpaired) electrons. The fourth-order valence-electron chi connectivity index (χ4n) is 2.77. The summed E-state index contributed by atoms with van der Waals surface area (Å²) >= 11 is 0. The van der Waals surface area contributed by atoms with Crippen LogP contribution in [0.15, 0.2) is 0 Å². The SMILES string of the molecule is CC(C)(C)[C@@H]1CCC(F)(F)C[C@]1(C)O. The second-order valence-corrected chi connectivity index (χ2v) is 5.85. The molecule has 2 atom stereocenters. The van der Waals surface area contributed by atoms with E-state index >= 15 is 0 Å². The maximum Gasteiger partial charge on any atom is 0.250 e. The number of halogens is 2. The van der Waals surface area contributed by atoms with Crippen LogP contribution < -0.4 is 0 Å². The fraction of sp³-hybridized carbons (Fsp3) is 1.00. The average molecular weight is 206 g/mol. The average Bonchev–Trinajstić information content (AvgIpc) is 1.76. The van der Waals surface area contributed by atoms with E-state index in [1.807, 2.05) is 20.8 Å². The maximum absolute atomic E-state index is 13.1. The summed E-state index contributed by atoms with van der Waals surface area (Å²) in [5.41, 5.74) is -1.35. The van der Waals surface area contributed by atoms with Gasteiger partial charge in [0.1, 0.15) is 0 Å². The second-order valence-electron chi connectivity index (χ2n) is 5.85. The third-order valence-electron chi connectivity index (χ3n) is 3.21. The van der Waals surface area contributed by atoms with Crippen LogP contribution in [0.3, 0.4) is 0 Å². The lowest BCUT2D eigenvalue weighted by atomic mass is 9.64.